The van der Waals surface area contributed by atoms with Crippen LogP contribution >= 0.6 is 0 Å². The Labute approximate surface area is 141 Å². The number of likely N-dealkylation sites (tertiary alicyclic amines) is 1. The van der Waals surface area contributed by atoms with Crippen LogP contribution in [0.3, 0.4) is 0 Å². The van der Waals surface area contributed by atoms with Gasteiger partial charge in [0.05, 0.1) is 5.39 Å². The molecule has 1 atom stereocenters. The predicted molar refractivity (Wildman–Crippen MR) is 94.2 cm³/mol. The van der Waals surface area contributed by atoms with Crippen LogP contribution in [0.4, 0.5) is 0 Å². The maximum absolute atomic E-state index is 12.6. The number of aryl methyl sites for hydroxylation is 3. The first kappa shape index (κ1) is 16.7. The van der Waals surface area contributed by atoms with Crippen molar-refractivity contribution in [2.24, 2.45) is 7.05 Å². The van der Waals surface area contributed by atoms with E-state index in [2.05, 4.69) is 17.0 Å². The molecular weight excluding hydrogens is 304 g/mol. The Balaban J connectivity index is 1.83. The fourth-order valence-electron chi connectivity index (χ4n) is 3.82. The van der Waals surface area contributed by atoms with Crippen molar-refractivity contribution in [3.05, 3.63) is 27.2 Å². The van der Waals surface area contributed by atoms with E-state index in [0.717, 1.165) is 36.2 Å². The van der Waals surface area contributed by atoms with E-state index in [1.807, 2.05) is 18.7 Å². The van der Waals surface area contributed by atoms with Gasteiger partial charge in [0.2, 0.25) is 5.91 Å². The lowest BCUT2D eigenvalue weighted by Crippen LogP contribution is -2.42. The first-order chi connectivity index (χ1) is 11.4. The molecule has 1 amide bonds. The first-order valence-corrected chi connectivity index (χ1v) is 8.74. The van der Waals surface area contributed by atoms with E-state index in [1.54, 1.807) is 7.05 Å². The van der Waals surface area contributed by atoms with Gasteiger partial charge in [-0.1, -0.05) is 0 Å². The van der Waals surface area contributed by atoms with Crippen molar-refractivity contribution in [2.75, 3.05) is 6.54 Å². The summed E-state index contributed by atoms with van der Waals surface area (Å²) in [5.74, 6) is 0.211. The van der Waals surface area contributed by atoms with Crippen molar-refractivity contribution in [3.8, 4) is 0 Å². The molecule has 1 aliphatic heterocycles. The number of fused-ring (bicyclic) bond motifs is 1. The molecule has 0 radical (unpaired) electrons. The van der Waals surface area contributed by atoms with Gasteiger partial charge in [-0.2, -0.15) is 0 Å². The molecule has 0 bridgehead atoms. The summed E-state index contributed by atoms with van der Waals surface area (Å²) in [4.78, 5) is 31.4. The van der Waals surface area contributed by atoms with Gasteiger partial charge < -0.3 is 4.90 Å². The molecular formula is C18H26N4O2. The SMILES string of the molecule is Cc1nc2[nH]n(C)c(=O)c2c(C)c1CCC(=O)N1CCCC[C@@H]1C. The standard InChI is InChI=1S/C18H26N4O2/c1-11-7-5-6-10-22(11)15(23)9-8-14-12(2)16-17(19-13(14)3)20-21(4)18(16)24/h11H,5-10H2,1-4H3,(H,19,20)/t11-/m0/s1. The third-order valence-electron chi connectivity index (χ3n) is 5.29. The second-order valence-corrected chi connectivity index (χ2v) is 6.93. The third kappa shape index (κ3) is 2.85. The van der Waals surface area contributed by atoms with Crippen molar-refractivity contribution in [1.82, 2.24) is 19.7 Å². The van der Waals surface area contributed by atoms with Crippen LogP contribution in [0.5, 0.6) is 0 Å². The van der Waals surface area contributed by atoms with Crippen LogP contribution in [0.2, 0.25) is 0 Å². The maximum Gasteiger partial charge on any atom is 0.276 e. The summed E-state index contributed by atoms with van der Waals surface area (Å²) in [5.41, 5.74) is 3.42. The number of aromatic amines is 1. The zero-order valence-corrected chi connectivity index (χ0v) is 15.0. The Kier molecular flexibility index (Phi) is 4.47. The molecule has 1 saturated heterocycles. The van der Waals surface area contributed by atoms with Gasteiger partial charge >= 0.3 is 0 Å². The highest BCUT2D eigenvalue weighted by molar-refractivity contribution is 5.80. The van der Waals surface area contributed by atoms with E-state index in [4.69, 9.17) is 0 Å². The third-order valence-corrected chi connectivity index (χ3v) is 5.29. The highest BCUT2D eigenvalue weighted by Gasteiger charge is 2.23. The fourth-order valence-corrected chi connectivity index (χ4v) is 3.82. The maximum atomic E-state index is 12.6. The summed E-state index contributed by atoms with van der Waals surface area (Å²) in [6.45, 7) is 6.90. The van der Waals surface area contributed by atoms with Gasteiger partial charge in [-0.15, -0.1) is 0 Å². The molecule has 6 nitrogen and oxygen atoms in total. The summed E-state index contributed by atoms with van der Waals surface area (Å²) < 4.78 is 1.45. The fraction of sp³-hybridized carbons (Fsp3) is 0.611. The summed E-state index contributed by atoms with van der Waals surface area (Å²) in [7, 11) is 1.69. The molecule has 3 heterocycles. The van der Waals surface area contributed by atoms with Crippen molar-refractivity contribution in [2.45, 2.75) is 58.9 Å². The van der Waals surface area contributed by atoms with Gasteiger partial charge in [0.25, 0.3) is 5.56 Å². The largest absolute Gasteiger partial charge is 0.340 e. The molecule has 0 aliphatic carbocycles. The van der Waals surface area contributed by atoms with E-state index < -0.39 is 0 Å². The molecule has 0 saturated carbocycles. The predicted octanol–water partition coefficient (Wildman–Crippen LogP) is 2.21. The molecule has 2 aromatic rings. The molecule has 6 heteroatoms. The van der Waals surface area contributed by atoms with Gasteiger partial charge in [-0.05, 0) is 57.6 Å². The molecule has 1 aliphatic rings. The lowest BCUT2D eigenvalue weighted by atomic mass is 9.98. The first-order valence-electron chi connectivity index (χ1n) is 8.74. The number of pyridine rings is 1. The van der Waals surface area contributed by atoms with E-state index in [-0.39, 0.29) is 11.5 Å². The van der Waals surface area contributed by atoms with Crippen LogP contribution in [0.1, 0.15) is 49.4 Å². The Morgan fingerprint density at radius 1 is 1.33 bits per heavy atom. The minimum Gasteiger partial charge on any atom is -0.340 e. The zero-order valence-electron chi connectivity index (χ0n) is 15.0. The smallest absolute Gasteiger partial charge is 0.276 e. The number of hydrogen-bond acceptors (Lipinski definition) is 3. The summed E-state index contributed by atoms with van der Waals surface area (Å²) >= 11 is 0. The highest BCUT2D eigenvalue weighted by Crippen LogP contribution is 2.22. The van der Waals surface area contributed by atoms with E-state index in [1.165, 1.54) is 11.1 Å². The molecule has 24 heavy (non-hydrogen) atoms. The van der Waals surface area contributed by atoms with Crippen LogP contribution in [0.25, 0.3) is 11.0 Å². The molecule has 3 rings (SSSR count). The number of nitrogens with one attached hydrogen (secondary N) is 1. The summed E-state index contributed by atoms with van der Waals surface area (Å²) in [6.07, 6.45) is 4.51. The zero-order chi connectivity index (χ0) is 17.4. The molecule has 2 aromatic heterocycles. The number of H-pyrrole nitrogens is 1. The molecule has 0 aromatic carbocycles. The van der Waals surface area contributed by atoms with E-state index >= 15 is 0 Å². The van der Waals surface area contributed by atoms with Crippen LogP contribution in [-0.4, -0.2) is 38.2 Å². The summed E-state index contributed by atoms with van der Waals surface area (Å²) in [5, 5.41) is 3.61. The number of nitrogens with zero attached hydrogens (tertiary/aromatic N) is 3. The van der Waals surface area contributed by atoms with Crippen LogP contribution < -0.4 is 5.56 Å². The van der Waals surface area contributed by atoms with Gasteiger partial charge in [-0.3, -0.25) is 19.4 Å². The van der Waals surface area contributed by atoms with Gasteiger partial charge in [0, 0.05) is 31.7 Å². The van der Waals surface area contributed by atoms with Gasteiger partial charge in [0.15, 0.2) is 5.65 Å². The lowest BCUT2D eigenvalue weighted by molar-refractivity contribution is -0.134. The van der Waals surface area contributed by atoms with Crippen molar-refractivity contribution < 1.29 is 4.79 Å². The number of hydrogen-bond donors (Lipinski definition) is 1. The Morgan fingerprint density at radius 2 is 2.08 bits per heavy atom. The monoisotopic (exact) mass is 330 g/mol. The minimum absolute atomic E-state index is 0.0628. The Hall–Kier alpha value is -2.11. The van der Waals surface area contributed by atoms with Crippen LogP contribution in [-0.2, 0) is 18.3 Å². The molecule has 0 spiro atoms. The molecule has 0 unspecified atom stereocenters. The lowest BCUT2D eigenvalue weighted by Gasteiger charge is -2.33. The van der Waals surface area contributed by atoms with Crippen molar-refractivity contribution >= 4 is 16.9 Å². The second-order valence-electron chi connectivity index (χ2n) is 6.93. The van der Waals surface area contributed by atoms with Gasteiger partial charge in [-0.25, -0.2) is 4.98 Å². The number of aromatic nitrogens is 3. The molecule has 130 valence electrons. The van der Waals surface area contributed by atoms with Gasteiger partial charge in [0.1, 0.15) is 0 Å². The van der Waals surface area contributed by atoms with Crippen LogP contribution in [0.15, 0.2) is 4.79 Å². The minimum atomic E-state index is -0.0628. The average molecular weight is 330 g/mol. The number of amides is 1. The summed E-state index contributed by atoms with van der Waals surface area (Å²) in [6, 6.07) is 0.339. The van der Waals surface area contributed by atoms with E-state index in [9.17, 15) is 9.59 Å². The van der Waals surface area contributed by atoms with E-state index in [0.29, 0.717) is 29.9 Å². The number of carbonyl (C=O) groups excluding carboxylic acids is 1. The molecule has 1 N–H and O–H groups in total. The normalized spacial score (nSPS) is 18.3. The average Bonchev–Trinajstić information content (AvgIpc) is 2.81. The Bertz CT molecular complexity index is 834. The van der Waals surface area contributed by atoms with Crippen molar-refractivity contribution in [1.29, 1.82) is 0 Å². The number of piperidine rings is 1. The van der Waals surface area contributed by atoms with Crippen LogP contribution in [0, 0.1) is 13.8 Å². The quantitative estimate of drug-likeness (QED) is 0.938. The highest BCUT2D eigenvalue weighted by atomic mass is 16.2. The number of rotatable bonds is 3. The topological polar surface area (TPSA) is 71.0 Å². The molecule has 1 fully saturated rings. The number of carbonyl (C=O) groups is 1. The van der Waals surface area contributed by atoms with Crippen molar-refractivity contribution in [3.63, 3.8) is 0 Å². The Morgan fingerprint density at radius 3 is 2.79 bits per heavy atom. The second kappa shape index (κ2) is 6.42.